The molecule has 21 heavy (non-hydrogen) atoms. The number of aryl methyl sites for hydroxylation is 1. The largest absolute Gasteiger partial charge is 0.419 e. The van der Waals surface area contributed by atoms with Gasteiger partial charge < -0.3 is 19.7 Å². The van der Waals surface area contributed by atoms with Crippen molar-refractivity contribution in [2.75, 3.05) is 18.5 Å². The Kier molecular flexibility index (Phi) is 3.42. The summed E-state index contributed by atoms with van der Waals surface area (Å²) in [4.78, 5) is 25.3. The summed E-state index contributed by atoms with van der Waals surface area (Å²) >= 11 is 0. The van der Waals surface area contributed by atoms with E-state index in [0.717, 1.165) is 12.8 Å². The summed E-state index contributed by atoms with van der Waals surface area (Å²) in [6.45, 7) is 0.611. The molecule has 1 aliphatic rings. The van der Waals surface area contributed by atoms with Crippen LogP contribution < -0.4 is 11.1 Å². The van der Waals surface area contributed by atoms with Gasteiger partial charge in [-0.3, -0.25) is 4.57 Å². The van der Waals surface area contributed by atoms with Crippen LogP contribution in [0.4, 0.5) is 10.5 Å². The molecule has 1 aromatic carbocycles. The fourth-order valence-corrected chi connectivity index (χ4v) is 2.70. The number of anilines is 1. The molecule has 1 saturated heterocycles. The first-order valence-corrected chi connectivity index (χ1v) is 6.88. The van der Waals surface area contributed by atoms with Gasteiger partial charge in [-0.15, -0.1) is 0 Å². The van der Waals surface area contributed by atoms with E-state index in [1.807, 2.05) is 0 Å². The van der Waals surface area contributed by atoms with Crippen LogP contribution in [-0.4, -0.2) is 39.8 Å². The van der Waals surface area contributed by atoms with Crippen molar-refractivity contribution in [2.24, 2.45) is 7.05 Å². The van der Waals surface area contributed by atoms with Crippen molar-refractivity contribution in [2.45, 2.75) is 18.9 Å². The van der Waals surface area contributed by atoms with Crippen LogP contribution in [0.5, 0.6) is 0 Å². The minimum absolute atomic E-state index is 0.0278. The number of aliphatic hydroxyl groups is 1. The van der Waals surface area contributed by atoms with E-state index in [1.165, 1.54) is 4.57 Å². The van der Waals surface area contributed by atoms with Gasteiger partial charge in [-0.2, -0.15) is 0 Å². The van der Waals surface area contributed by atoms with Crippen LogP contribution in [0.15, 0.2) is 27.4 Å². The van der Waals surface area contributed by atoms with Gasteiger partial charge in [0.05, 0.1) is 18.2 Å². The number of likely N-dealkylation sites (tertiary alicyclic amines) is 1. The second kappa shape index (κ2) is 5.25. The highest BCUT2D eigenvalue weighted by atomic mass is 16.4. The number of aromatic nitrogens is 1. The molecule has 1 aliphatic heterocycles. The SMILES string of the molecule is Cn1c(=O)oc2cc(NC(=O)N3CCCC3CO)ccc21. The molecule has 112 valence electrons. The van der Waals surface area contributed by atoms with Crippen LogP contribution in [0.3, 0.4) is 0 Å². The van der Waals surface area contributed by atoms with E-state index in [0.29, 0.717) is 23.3 Å². The van der Waals surface area contributed by atoms with Gasteiger partial charge in [0.2, 0.25) is 0 Å². The summed E-state index contributed by atoms with van der Waals surface area (Å²) in [6, 6.07) is 4.70. The summed E-state index contributed by atoms with van der Waals surface area (Å²) in [5.74, 6) is -0.437. The van der Waals surface area contributed by atoms with Gasteiger partial charge in [0.15, 0.2) is 5.58 Å². The van der Waals surface area contributed by atoms with Crippen molar-refractivity contribution < 1.29 is 14.3 Å². The molecule has 7 nitrogen and oxygen atoms in total. The second-order valence-corrected chi connectivity index (χ2v) is 5.21. The average Bonchev–Trinajstić information content (AvgIpc) is 3.04. The van der Waals surface area contributed by atoms with Gasteiger partial charge in [0, 0.05) is 25.3 Å². The van der Waals surface area contributed by atoms with Crippen LogP contribution >= 0.6 is 0 Å². The smallest absolute Gasteiger partial charge is 0.408 e. The number of carbonyl (C=O) groups excluding carboxylic acids is 1. The Morgan fingerprint density at radius 3 is 3.10 bits per heavy atom. The van der Waals surface area contributed by atoms with E-state index >= 15 is 0 Å². The fourth-order valence-electron chi connectivity index (χ4n) is 2.70. The molecule has 2 amide bonds. The molecule has 2 heterocycles. The first-order chi connectivity index (χ1) is 10.1. The van der Waals surface area contributed by atoms with Crippen molar-refractivity contribution in [1.82, 2.24) is 9.47 Å². The lowest BCUT2D eigenvalue weighted by Gasteiger charge is -2.23. The zero-order valence-corrected chi connectivity index (χ0v) is 11.7. The van der Waals surface area contributed by atoms with Crippen molar-refractivity contribution in [3.8, 4) is 0 Å². The normalized spacial score (nSPS) is 18.4. The molecular formula is C14H17N3O4. The number of oxazole rings is 1. The van der Waals surface area contributed by atoms with E-state index in [9.17, 15) is 14.7 Å². The highest BCUT2D eigenvalue weighted by Gasteiger charge is 2.28. The molecule has 0 radical (unpaired) electrons. The monoisotopic (exact) mass is 291 g/mol. The van der Waals surface area contributed by atoms with Crippen molar-refractivity contribution in [3.05, 3.63) is 28.7 Å². The predicted octanol–water partition coefficient (Wildman–Crippen LogP) is 1.12. The summed E-state index contributed by atoms with van der Waals surface area (Å²) in [6.07, 6.45) is 1.71. The molecule has 3 rings (SSSR count). The van der Waals surface area contributed by atoms with Crippen molar-refractivity contribution >= 4 is 22.8 Å². The summed E-state index contributed by atoms with van der Waals surface area (Å²) in [5, 5.41) is 12.0. The number of benzene rings is 1. The number of rotatable bonds is 2. The number of nitrogens with zero attached hydrogens (tertiary/aromatic N) is 2. The maximum Gasteiger partial charge on any atom is 0.419 e. The lowest BCUT2D eigenvalue weighted by atomic mass is 10.2. The molecular weight excluding hydrogens is 274 g/mol. The van der Waals surface area contributed by atoms with E-state index in [4.69, 9.17) is 4.42 Å². The van der Waals surface area contributed by atoms with E-state index in [1.54, 1.807) is 30.1 Å². The fraction of sp³-hybridized carbons (Fsp3) is 0.429. The van der Waals surface area contributed by atoms with Crippen LogP contribution in [0.1, 0.15) is 12.8 Å². The minimum atomic E-state index is -0.437. The van der Waals surface area contributed by atoms with Crippen LogP contribution in [0, 0.1) is 0 Å². The molecule has 1 atom stereocenters. The van der Waals surface area contributed by atoms with Gasteiger partial charge in [-0.25, -0.2) is 9.59 Å². The van der Waals surface area contributed by atoms with E-state index in [-0.39, 0.29) is 18.7 Å². The zero-order valence-electron chi connectivity index (χ0n) is 11.7. The molecule has 0 spiro atoms. The molecule has 0 bridgehead atoms. The van der Waals surface area contributed by atoms with Gasteiger partial charge in [-0.05, 0) is 25.0 Å². The topological polar surface area (TPSA) is 87.7 Å². The average molecular weight is 291 g/mol. The predicted molar refractivity (Wildman–Crippen MR) is 77.3 cm³/mol. The van der Waals surface area contributed by atoms with Crippen LogP contribution in [-0.2, 0) is 7.05 Å². The lowest BCUT2D eigenvalue weighted by molar-refractivity contribution is 0.166. The van der Waals surface area contributed by atoms with E-state index in [2.05, 4.69) is 5.32 Å². The number of fused-ring (bicyclic) bond motifs is 1. The molecule has 0 aliphatic carbocycles. The standard InChI is InChI=1S/C14H17N3O4/c1-16-11-5-4-9(7-12(11)21-14(16)20)15-13(19)17-6-2-3-10(17)8-18/h4-5,7,10,18H,2-3,6,8H2,1H3,(H,15,19). The van der Waals surface area contributed by atoms with Gasteiger partial charge in [-0.1, -0.05) is 0 Å². The third-order valence-corrected chi connectivity index (χ3v) is 3.89. The van der Waals surface area contributed by atoms with Gasteiger partial charge >= 0.3 is 11.8 Å². The van der Waals surface area contributed by atoms with Gasteiger partial charge in [0.1, 0.15) is 0 Å². The number of hydrogen-bond acceptors (Lipinski definition) is 4. The number of carbonyl (C=O) groups is 1. The van der Waals surface area contributed by atoms with E-state index < -0.39 is 5.76 Å². The number of hydrogen-bond donors (Lipinski definition) is 2. The number of amides is 2. The second-order valence-electron chi connectivity index (χ2n) is 5.21. The highest BCUT2D eigenvalue weighted by molar-refractivity contribution is 5.92. The molecule has 7 heteroatoms. The number of urea groups is 1. The zero-order chi connectivity index (χ0) is 15.0. The summed E-state index contributed by atoms with van der Waals surface area (Å²) < 4.78 is 6.50. The molecule has 1 fully saturated rings. The Labute approximate surface area is 120 Å². The highest BCUT2D eigenvalue weighted by Crippen LogP contribution is 2.21. The van der Waals surface area contributed by atoms with Crippen molar-refractivity contribution in [3.63, 3.8) is 0 Å². The Hall–Kier alpha value is -2.28. The number of aliphatic hydroxyl groups excluding tert-OH is 1. The summed E-state index contributed by atoms with van der Waals surface area (Å²) in [5.41, 5.74) is 1.67. The Morgan fingerprint density at radius 2 is 2.33 bits per heavy atom. The molecule has 0 saturated carbocycles. The molecule has 1 unspecified atom stereocenters. The third-order valence-electron chi connectivity index (χ3n) is 3.89. The van der Waals surface area contributed by atoms with Crippen LogP contribution in [0.2, 0.25) is 0 Å². The maximum absolute atomic E-state index is 12.2. The quantitative estimate of drug-likeness (QED) is 0.868. The Balaban J connectivity index is 1.81. The Morgan fingerprint density at radius 1 is 1.52 bits per heavy atom. The molecule has 2 N–H and O–H groups in total. The first kappa shape index (κ1) is 13.7. The van der Waals surface area contributed by atoms with Crippen LogP contribution in [0.25, 0.3) is 11.1 Å². The summed E-state index contributed by atoms with van der Waals surface area (Å²) in [7, 11) is 1.63. The first-order valence-electron chi connectivity index (χ1n) is 6.88. The minimum Gasteiger partial charge on any atom is -0.408 e. The van der Waals surface area contributed by atoms with Gasteiger partial charge in [0.25, 0.3) is 0 Å². The molecule has 1 aromatic heterocycles. The van der Waals surface area contributed by atoms with Crippen molar-refractivity contribution in [1.29, 1.82) is 0 Å². The number of nitrogens with one attached hydrogen (secondary N) is 1. The third kappa shape index (κ3) is 2.40. The Bertz CT molecular complexity index is 733. The maximum atomic E-state index is 12.2. The lowest BCUT2D eigenvalue weighted by Crippen LogP contribution is -2.40. The molecule has 2 aromatic rings.